The summed E-state index contributed by atoms with van der Waals surface area (Å²) in [6.07, 6.45) is 3.74. The molecule has 0 spiro atoms. The van der Waals surface area contributed by atoms with Gasteiger partial charge < -0.3 is 15.0 Å². The summed E-state index contributed by atoms with van der Waals surface area (Å²) in [5.74, 6) is 1.12. The summed E-state index contributed by atoms with van der Waals surface area (Å²) in [5, 5.41) is 9.98. The second-order valence-corrected chi connectivity index (χ2v) is 6.52. The van der Waals surface area contributed by atoms with Gasteiger partial charge in [-0.1, -0.05) is 12.1 Å². The highest BCUT2D eigenvalue weighted by Crippen LogP contribution is 2.24. The number of amides is 2. The lowest BCUT2D eigenvalue weighted by Crippen LogP contribution is -2.49. The summed E-state index contributed by atoms with van der Waals surface area (Å²) in [4.78, 5) is 18.9. The van der Waals surface area contributed by atoms with E-state index in [1.807, 2.05) is 36.4 Å². The van der Waals surface area contributed by atoms with E-state index in [9.17, 15) is 4.79 Å². The average Bonchev–Trinajstić information content (AvgIpc) is 3.10. The lowest BCUT2D eigenvalue weighted by Gasteiger charge is -2.34. The normalized spacial score (nSPS) is 16.9. The zero-order valence-electron chi connectivity index (χ0n) is 15.1. The summed E-state index contributed by atoms with van der Waals surface area (Å²) in [6, 6.07) is 13.3. The minimum Gasteiger partial charge on any atom is -0.497 e. The van der Waals surface area contributed by atoms with Crippen molar-refractivity contribution in [2.24, 2.45) is 0 Å². The number of nitrogens with zero attached hydrogens (tertiary/aromatic N) is 4. The predicted octanol–water partition coefficient (Wildman–Crippen LogP) is 2.53. The molecule has 1 aromatic carbocycles. The number of methoxy groups -OCH3 is 1. The predicted molar refractivity (Wildman–Crippen MR) is 103 cm³/mol. The average molecular weight is 366 g/mol. The first-order valence-corrected chi connectivity index (χ1v) is 8.99. The summed E-state index contributed by atoms with van der Waals surface area (Å²) in [6.45, 7) is 1.71. The lowest BCUT2D eigenvalue weighted by molar-refractivity contribution is 0.246. The third-order valence-corrected chi connectivity index (χ3v) is 4.64. The molecule has 0 aliphatic carbocycles. The van der Waals surface area contributed by atoms with E-state index in [1.165, 1.54) is 0 Å². The first-order chi connectivity index (χ1) is 13.2. The van der Waals surface area contributed by atoms with Crippen molar-refractivity contribution in [3.63, 3.8) is 0 Å². The largest absolute Gasteiger partial charge is 0.497 e. The number of carbonyl (C=O) groups is 1. The number of rotatable bonds is 4. The Kier molecular flexibility index (Phi) is 4.78. The van der Waals surface area contributed by atoms with Crippen LogP contribution in [0.5, 0.6) is 5.75 Å². The Morgan fingerprint density at radius 2 is 2.19 bits per heavy atom. The van der Waals surface area contributed by atoms with Gasteiger partial charge in [-0.2, -0.15) is 4.98 Å². The molecule has 2 amide bonds. The molecule has 8 heteroatoms. The Labute approximate surface area is 157 Å². The number of nitrogens with one attached hydrogen (secondary N) is 2. The molecule has 1 saturated heterocycles. The van der Waals surface area contributed by atoms with Crippen LogP contribution in [0.2, 0.25) is 0 Å². The Morgan fingerprint density at radius 1 is 1.26 bits per heavy atom. The van der Waals surface area contributed by atoms with Crippen LogP contribution in [0.15, 0.2) is 48.7 Å². The first-order valence-electron chi connectivity index (χ1n) is 8.99. The highest BCUT2D eigenvalue weighted by atomic mass is 16.5. The molecule has 2 N–H and O–H groups in total. The molecule has 140 valence electrons. The maximum Gasteiger partial charge on any atom is 0.321 e. The number of benzene rings is 1. The maximum absolute atomic E-state index is 12.4. The molecule has 4 rings (SSSR count). The van der Waals surface area contributed by atoms with E-state index >= 15 is 0 Å². The number of fused-ring (bicyclic) bond motifs is 1. The van der Waals surface area contributed by atoms with E-state index < -0.39 is 0 Å². The van der Waals surface area contributed by atoms with E-state index in [4.69, 9.17) is 4.74 Å². The van der Waals surface area contributed by atoms with E-state index in [2.05, 4.69) is 31.7 Å². The molecule has 1 atom stereocenters. The van der Waals surface area contributed by atoms with E-state index in [1.54, 1.807) is 17.8 Å². The number of pyridine rings is 1. The van der Waals surface area contributed by atoms with Gasteiger partial charge >= 0.3 is 6.03 Å². The van der Waals surface area contributed by atoms with Crippen molar-refractivity contribution in [3.8, 4) is 5.75 Å². The number of hydrogen-bond acceptors (Lipinski definition) is 5. The Balaban J connectivity index is 1.37. The van der Waals surface area contributed by atoms with Gasteiger partial charge in [0, 0.05) is 37.1 Å². The fourth-order valence-electron chi connectivity index (χ4n) is 3.34. The van der Waals surface area contributed by atoms with Crippen molar-refractivity contribution in [2.75, 3.05) is 30.4 Å². The summed E-state index contributed by atoms with van der Waals surface area (Å²) in [7, 11) is 1.66. The molecule has 1 unspecified atom stereocenters. The van der Waals surface area contributed by atoms with Crippen LogP contribution in [0.4, 0.5) is 16.4 Å². The second-order valence-electron chi connectivity index (χ2n) is 6.52. The molecule has 1 aliphatic heterocycles. The Bertz CT molecular complexity index is 908. The second kappa shape index (κ2) is 7.53. The molecular formula is C19H22N6O2. The summed E-state index contributed by atoms with van der Waals surface area (Å²) >= 11 is 0. The van der Waals surface area contributed by atoms with E-state index in [-0.39, 0.29) is 12.1 Å². The van der Waals surface area contributed by atoms with Crippen LogP contribution >= 0.6 is 0 Å². The highest BCUT2D eigenvalue weighted by molar-refractivity contribution is 5.87. The van der Waals surface area contributed by atoms with Gasteiger partial charge in [-0.25, -0.2) is 9.31 Å². The van der Waals surface area contributed by atoms with Crippen LogP contribution in [0.25, 0.3) is 5.65 Å². The molecule has 0 bridgehead atoms. The lowest BCUT2D eigenvalue weighted by atomic mass is 10.0. The standard InChI is InChI=1S/C19H22N6O2/c1-27-16-8-4-7-15(12-16)24-10-5-6-14(13-24)20-19(26)22-18-21-17-9-2-3-11-25(17)23-18/h2-4,7-9,11-12,14H,5-6,10,13H2,1H3,(H2,20,22,23,26). The van der Waals surface area contributed by atoms with Crippen LogP contribution in [0.3, 0.4) is 0 Å². The van der Waals surface area contributed by atoms with Crippen molar-refractivity contribution in [3.05, 3.63) is 48.7 Å². The quantitative estimate of drug-likeness (QED) is 0.741. The number of urea groups is 1. The molecule has 0 saturated carbocycles. The van der Waals surface area contributed by atoms with Crippen molar-refractivity contribution < 1.29 is 9.53 Å². The van der Waals surface area contributed by atoms with Crippen molar-refractivity contribution in [1.29, 1.82) is 0 Å². The topological polar surface area (TPSA) is 83.8 Å². The van der Waals surface area contributed by atoms with E-state index in [0.29, 0.717) is 11.6 Å². The first kappa shape index (κ1) is 17.1. The number of piperidine rings is 1. The van der Waals surface area contributed by atoms with Gasteiger partial charge in [0.05, 0.1) is 7.11 Å². The molecule has 2 aromatic heterocycles. The molecule has 0 radical (unpaired) electrons. The third kappa shape index (κ3) is 3.94. The summed E-state index contributed by atoms with van der Waals surface area (Å²) in [5.41, 5.74) is 1.79. The SMILES string of the molecule is COc1cccc(N2CCCC(NC(=O)Nc3nc4ccccn4n3)C2)c1. The molecule has 1 aliphatic rings. The zero-order valence-corrected chi connectivity index (χ0v) is 15.1. The minimum atomic E-state index is -0.289. The molecule has 3 aromatic rings. The minimum absolute atomic E-state index is 0.0574. The van der Waals surface area contributed by atoms with Crippen LogP contribution in [-0.2, 0) is 0 Å². The fraction of sp³-hybridized carbons (Fsp3) is 0.316. The van der Waals surface area contributed by atoms with Gasteiger partial charge in [0.2, 0.25) is 0 Å². The molecule has 27 heavy (non-hydrogen) atoms. The van der Waals surface area contributed by atoms with Crippen molar-refractivity contribution in [1.82, 2.24) is 19.9 Å². The Morgan fingerprint density at radius 3 is 3.04 bits per heavy atom. The zero-order chi connectivity index (χ0) is 18.6. The number of ether oxygens (including phenoxy) is 1. The van der Waals surface area contributed by atoms with Gasteiger partial charge in [-0.15, -0.1) is 5.10 Å². The van der Waals surface area contributed by atoms with Gasteiger partial charge in [0.15, 0.2) is 5.65 Å². The van der Waals surface area contributed by atoms with Crippen molar-refractivity contribution in [2.45, 2.75) is 18.9 Å². The van der Waals surface area contributed by atoms with Crippen LogP contribution in [-0.4, -0.2) is 46.9 Å². The molecule has 8 nitrogen and oxygen atoms in total. The smallest absolute Gasteiger partial charge is 0.321 e. The maximum atomic E-state index is 12.4. The van der Waals surface area contributed by atoms with Crippen LogP contribution in [0.1, 0.15) is 12.8 Å². The molecule has 1 fully saturated rings. The molecular weight excluding hydrogens is 344 g/mol. The number of carbonyl (C=O) groups excluding carboxylic acids is 1. The summed E-state index contributed by atoms with van der Waals surface area (Å²) < 4.78 is 6.93. The molecule has 3 heterocycles. The number of hydrogen-bond donors (Lipinski definition) is 2. The Hall–Kier alpha value is -3.29. The monoisotopic (exact) mass is 366 g/mol. The van der Waals surface area contributed by atoms with E-state index in [0.717, 1.165) is 37.4 Å². The van der Waals surface area contributed by atoms with Gasteiger partial charge in [0.25, 0.3) is 5.95 Å². The van der Waals surface area contributed by atoms with Crippen LogP contribution < -0.4 is 20.3 Å². The fourth-order valence-corrected chi connectivity index (χ4v) is 3.34. The number of anilines is 2. The number of aromatic nitrogens is 3. The van der Waals surface area contributed by atoms with Gasteiger partial charge in [0.1, 0.15) is 5.75 Å². The van der Waals surface area contributed by atoms with Crippen molar-refractivity contribution >= 4 is 23.3 Å². The van der Waals surface area contributed by atoms with Crippen LogP contribution in [0, 0.1) is 0 Å². The van der Waals surface area contributed by atoms with Gasteiger partial charge in [-0.3, -0.25) is 5.32 Å². The van der Waals surface area contributed by atoms with Gasteiger partial charge in [-0.05, 0) is 37.1 Å². The highest BCUT2D eigenvalue weighted by Gasteiger charge is 2.22. The third-order valence-electron chi connectivity index (χ3n) is 4.64.